The summed E-state index contributed by atoms with van der Waals surface area (Å²) in [6.45, 7) is 0.446. The molecule has 0 bridgehead atoms. The molecule has 0 saturated heterocycles. The van der Waals surface area contributed by atoms with Crippen LogP contribution in [0.4, 0.5) is 5.82 Å². The summed E-state index contributed by atoms with van der Waals surface area (Å²) in [5, 5.41) is 3.03. The van der Waals surface area contributed by atoms with Gasteiger partial charge in [-0.25, -0.2) is 9.97 Å². The molecule has 1 heterocycles. The van der Waals surface area contributed by atoms with Crippen LogP contribution in [0.2, 0.25) is 0 Å². The van der Waals surface area contributed by atoms with Gasteiger partial charge in [-0.15, -0.1) is 0 Å². The second-order valence-electron chi connectivity index (χ2n) is 4.10. The van der Waals surface area contributed by atoms with Crippen LogP contribution in [0, 0.1) is 0 Å². The van der Waals surface area contributed by atoms with E-state index in [-0.39, 0.29) is 0 Å². The Balaban J connectivity index is 2.45. The van der Waals surface area contributed by atoms with E-state index in [1.807, 2.05) is 31.3 Å². The van der Waals surface area contributed by atoms with E-state index in [1.54, 1.807) is 14.2 Å². The highest BCUT2D eigenvalue weighted by atomic mass is 79.9. The van der Waals surface area contributed by atoms with Crippen molar-refractivity contribution in [3.05, 3.63) is 34.4 Å². The van der Waals surface area contributed by atoms with Crippen molar-refractivity contribution in [2.45, 2.75) is 6.61 Å². The van der Waals surface area contributed by atoms with Crippen molar-refractivity contribution in [3.63, 3.8) is 0 Å². The Kier molecular flexibility index (Phi) is 4.92. The molecule has 5 nitrogen and oxygen atoms in total. The summed E-state index contributed by atoms with van der Waals surface area (Å²) < 4.78 is 11.2. The van der Waals surface area contributed by atoms with Crippen molar-refractivity contribution in [2.24, 2.45) is 0 Å². The van der Waals surface area contributed by atoms with Gasteiger partial charge < -0.3 is 14.8 Å². The minimum atomic E-state index is 0.446. The van der Waals surface area contributed by atoms with E-state index >= 15 is 0 Å². The van der Waals surface area contributed by atoms with E-state index in [9.17, 15) is 0 Å². The van der Waals surface area contributed by atoms with Crippen LogP contribution in [0.5, 0.6) is 5.75 Å². The highest BCUT2D eigenvalue weighted by Gasteiger charge is 2.09. The minimum Gasteiger partial charge on any atom is -0.496 e. The van der Waals surface area contributed by atoms with Gasteiger partial charge in [0.25, 0.3) is 0 Å². The highest BCUT2D eigenvalue weighted by molar-refractivity contribution is 9.10. The smallest absolute Gasteiger partial charge is 0.161 e. The van der Waals surface area contributed by atoms with E-state index in [2.05, 4.69) is 31.2 Å². The lowest BCUT2D eigenvalue weighted by Crippen LogP contribution is -2.02. The van der Waals surface area contributed by atoms with Gasteiger partial charge >= 0.3 is 0 Å². The number of nitrogens with zero attached hydrogens (tertiary/aromatic N) is 2. The molecule has 1 N–H and O–H groups in total. The number of anilines is 1. The fraction of sp³-hybridized carbons (Fsp3) is 0.286. The van der Waals surface area contributed by atoms with Gasteiger partial charge in [-0.2, -0.15) is 0 Å². The van der Waals surface area contributed by atoms with E-state index in [0.29, 0.717) is 12.4 Å². The van der Waals surface area contributed by atoms with Crippen molar-refractivity contribution in [3.8, 4) is 17.1 Å². The van der Waals surface area contributed by atoms with Crippen molar-refractivity contribution in [1.29, 1.82) is 0 Å². The molecule has 0 radical (unpaired) electrons. The summed E-state index contributed by atoms with van der Waals surface area (Å²) in [6, 6.07) is 7.61. The number of rotatable bonds is 5. The Morgan fingerprint density at radius 1 is 1.20 bits per heavy atom. The number of nitrogens with one attached hydrogen (secondary N) is 1. The molecule has 1 aromatic heterocycles. The Hall–Kier alpha value is -1.66. The van der Waals surface area contributed by atoms with Gasteiger partial charge in [0.05, 0.1) is 23.9 Å². The third kappa shape index (κ3) is 3.26. The lowest BCUT2D eigenvalue weighted by molar-refractivity contribution is 0.181. The molecule has 0 aliphatic carbocycles. The van der Waals surface area contributed by atoms with Gasteiger partial charge in [0.1, 0.15) is 11.6 Å². The number of aromatic nitrogens is 2. The summed E-state index contributed by atoms with van der Waals surface area (Å²) in [7, 11) is 5.10. The monoisotopic (exact) mass is 337 g/mol. The van der Waals surface area contributed by atoms with Gasteiger partial charge in [-0.05, 0) is 34.1 Å². The van der Waals surface area contributed by atoms with Crippen LogP contribution >= 0.6 is 15.9 Å². The quantitative estimate of drug-likeness (QED) is 0.908. The third-order valence-corrected chi connectivity index (χ3v) is 3.36. The van der Waals surface area contributed by atoms with Crippen LogP contribution in [0.15, 0.2) is 28.7 Å². The van der Waals surface area contributed by atoms with Gasteiger partial charge in [0, 0.05) is 25.8 Å². The molecule has 6 heteroatoms. The van der Waals surface area contributed by atoms with Crippen molar-refractivity contribution >= 4 is 21.7 Å². The van der Waals surface area contributed by atoms with Crippen molar-refractivity contribution < 1.29 is 9.47 Å². The molecular formula is C14H16BrN3O2. The molecule has 0 aliphatic heterocycles. The molecular weight excluding hydrogens is 322 g/mol. The Bertz CT molecular complexity index is 605. The Morgan fingerprint density at radius 3 is 2.60 bits per heavy atom. The average molecular weight is 338 g/mol. The van der Waals surface area contributed by atoms with Gasteiger partial charge in [-0.1, -0.05) is 0 Å². The number of methoxy groups -OCH3 is 2. The minimum absolute atomic E-state index is 0.446. The second-order valence-corrected chi connectivity index (χ2v) is 4.95. The summed E-state index contributed by atoms with van der Waals surface area (Å²) in [5.74, 6) is 2.18. The molecule has 0 atom stereocenters. The Labute approximate surface area is 126 Å². The standard InChI is InChI=1S/C14H16BrN3O2/c1-16-13-7-10(8-19-2)17-14(18-13)9-4-5-12(20-3)11(15)6-9/h4-7H,8H2,1-3H3,(H,16,17,18). The predicted octanol–water partition coefficient (Wildman–Crippen LogP) is 3.10. The lowest BCUT2D eigenvalue weighted by Gasteiger charge is -2.09. The zero-order valence-electron chi connectivity index (χ0n) is 11.6. The summed E-state index contributed by atoms with van der Waals surface area (Å²) in [4.78, 5) is 8.96. The fourth-order valence-corrected chi connectivity index (χ4v) is 2.32. The first-order chi connectivity index (χ1) is 9.67. The molecule has 0 fully saturated rings. The molecule has 0 spiro atoms. The first-order valence-corrected chi connectivity index (χ1v) is 6.85. The highest BCUT2D eigenvalue weighted by Crippen LogP contribution is 2.29. The largest absolute Gasteiger partial charge is 0.496 e. The van der Waals surface area contributed by atoms with E-state index in [4.69, 9.17) is 9.47 Å². The zero-order valence-corrected chi connectivity index (χ0v) is 13.2. The molecule has 0 unspecified atom stereocenters. The Morgan fingerprint density at radius 2 is 2.00 bits per heavy atom. The average Bonchev–Trinajstić information content (AvgIpc) is 2.47. The third-order valence-electron chi connectivity index (χ3n) is 2.74. The summed E-state index contributed by atoms with van der Waals surface area (Å²) in [6.07, 6.45) is 0. The van der Waals surface area contributed by atoms with Gasteiger partial charge in [0.15, 0.2) is 5.82 Å². The van der Waals surface area contributed by atoms with Crippen LogP contribution in [-0.2, 0) is 11.3 Å². The van der Waals surface area contributed by atoms with Crippen LogP contribution in [0.25, 0.3) is 11.4 Å². The number of halogens is 1. The van der Waals surface area contributed by atoms with Crippen molar-refractivity contribution in [2.75, 3.05) is 26.6 Å². The number of hydrogen-bond acceptors (Lipinski definition) is 5. The van der Waals surface area contributed by atoms with Crippen LogP contribution < -0.4 is 10.1 Å². The molecule has 0 saturated carbocycles. The van der Waals surface area contributed by atoms with Crippen LogP contribution in [0.1, 0.15) is 5.69 Å². The maximum absolute atomic E-state index is 5.22. The number of benzene rings is 1. The van der Waals surface area contributed by atoms with Gasteiger partial charge in [0.2, 0.25) is 0 Å². The van der Waals surface area contributed by atoms with E-state index in [1.165, 1.54) is 0 Å². The lowest BCUT2D eigenvalue weighted by atomic mass is 10.2. The predicted molar refractivity (Wildman–Crippen MR) is 82.0 cm³/mol. The van der Waals surface area contributed by atoms with Gasteiger partial charge in [-0.3, -0.25) is 0 Å². The molecule has 2 aromatic rings. The zero-order chi connectivity index (χ0) is 14.5. The normalized spacial score (nSPS) is 10.4. The molecule has 20 heavy (non-hydrogen) atoms. The summed E-state index contributed by atoms with van der Waals surface area (Å²) >= 11 is 3.47. The summed E-state index contributed by atoms with van der Waals surface area (Å²) in [5.41, 5.74) is 1.74. The first-order valence-electron chi connectivity index (χ1n) is 6.06. The number of ether oxygens (including phenoxy) is 2. The molecule has 1 aromatic carbocycles. The second kappa shape index (κ2) is 6.67. The molecule has 106 valence electrons. The van der Waals surface area contributed by atoms with Crippen LogP contribution in [0.3, 0.4) is 0 Å². The fourth-order valence-electron chi connectivity index (χ4n) is 1.78. The first kappa shape index (κ1) is 14.7. The topological polar surface area (TPSA) is 56.3 Å². The number of hydrogen-bond donors (Lipinski definition) is 1. The maximum Gasteiger partial charge on any atom is 0.161 e. The molecule has 2 rings (SSSR count). The molecule has 0 aliphatic rings. The van der Waals surface area contributed by atoms with E-state index < -0.39 is 0 Å². The van der Waals surface area contributed by atoms with Crippen molar-refractivity contribution in [1.82, 2.24) is 9.97 Å². The SMILES string of the molecule is CNc1cc(COC)nc(-c2ccc(OC)c(Br)c2)n1. The van der Waals surface area contributed by atoms with E-state index in [0.717, 1.165) is 27.3 Å². The molecule has 0 amide bonds. The maximum atomic E-state index is 5.22. The van der Waals surface area contributed by atoms with Crippen LogP contribution in [-0.4, -0.2) is 31.2 Å².